The van der Waals surface area contributed by atoms with Gasteiger partial charge in [-0.05, 0) is 30.6 Å². The van der Waals surface area contributed by atoms with Gasteiger partial charge in [0.05, 0.1) is 6.54 Å². The summed E-state index contributed by atoms with van der Waals surface area (Å²) in [5, 5.41) is 0. The highest BCUT2D eigenvalue weighted by atomic mass is 16.2. The van der Waals surface area contributed by atoms with Crippen molar-refractivity contribution in [1.29, 1.82) is 0 Å². The van der Waals surface area contributed by atoms with E-state index in [4.69, 9.17) is 5.73 Å². The summed E-state index contributed by atoms with van der Waals surface area (Å²) < 4.78 is 0. The first-order valence-electron chi connectivity index (χ1n) is 7.10. The highest BCUT2D eigenvalue weighted by molar-refractivity contribution is 5.78. The molecule has 1 saturated heterocycles. The fourth-order valence-electron chi connectivity index (χ4n) is 2.72. The van der Waals surface area contributed by atoms with Gasteiger partial charge in [0.2, 0.25) is 5.91 Å². The zero-order valence-electron chi connectivity index (χ0n) is 12.0. The average Bonchev–Trinajstić information content (AvgIpc) is 3.07. The first-order valence-corrected chi connectivity index (χ1v) is 7.10. The highest BCUT2D eigenvalue weighted by Crippen LogP contribution is 2.30. The number of amides is 1. The van der Waals surface area contributed by atoms with Gasteiger partial charge in [0, 0.05) is 32.7 Å². The molecule has 2 N–H and O–H groups in total. The van der Waals surface area contributed by atoms with E-state index in [9.17, 15) is 4.79 Å². The van der Waals surface area contributed by atoms with E-state index in [1.54, 1.807) is 0 Å². The molecule has 104 valence electrons. The topological polar surface area (TPSA) is 49.6 Å². The van der Waals surface area contributed by atoms with Gasteiger partial charge in [-0.3, -0.25) is 9.69 Å². The van der Waals surface area contributed by atoms with Crippen LogP contribution in [0.15, 0.2) is 0 Å². The molecule has 1 amide bonds. The Balaban J connectivity index is 1.79. The summed E-state index contributed by atoms with van der Waals surface area (Å²) in [5.41, 5.74) is 6.24. The van der Waals surface area contributed by atoms with Crippen molar-refractivity contribution in [2.75, 3.05) is 33.2 Å². The third-order valence-electron chi connectivity index (χ3n) is 4.40. The SMILES string of the molecule is CN(CC1CC1)C(=O)CN1CCC(N)C(C)(C)C1. The molecule has 0 spiro atoms. The van der Waals surface area contributed by atoms with E-state index < -0.39 is 0 Å². The molecule has 1 aliphatic heterocycles. The quantitative estimate of drug-likeness (QED) is 0.810. The predicted molar refractivity (Wildman–Crippen MR) is 73.2 cm³/mol. The molecular weight excluding hydrogens is 226 g/mol. The van der Waals surface area contributed by atoms with Crippen molar-refractivity contribution < 1.29 is 4.79 Å². The van der Waals surface area contributed by atoms with Gasteiger partial charge >= 0.3 is 0 Å². The van der Waals surface area contributed by atoms with Gasteiger partial charge in [-0.1, -0.05) is 13.8 Å². The van der Waals surface area contributed by atoms with E-state index in [0.29, 0.717) is 6.54 Å². The molecule has 0 aromatic rings. The molecule has 1 unspecified atom stereocenters. The second kappa shape index (κ2) is 5.17. The molecule has 4 heteroatoms. The van der Waals surface area contributed by atoms with Crippen molar-refractivity contribution in [2.45, 2.75) is 39.2 Å². The van der Waals surface area contributed by atoms with Crippen molar-refractivity contribution >= 4 is 5.91 Å². The summed E-state index contributed by atoms with van der Waals surface area (Å²) in [6.45, 7) is 7.77. The molecule has 18 heavy (non-hydrogen) atoms. The van der Waals surface area contributed by atoms with Gasteiger partial charge in [0.15, 0.2) is 0 Å². The number of carbonyl (C=O) groups excluding carboxylic acids is 1. The molecular formula is C14H27N3O. The maximum atomic E-state index is 12.1. The summed E-state index contributed by atoms with van der Waals surface area (Å²) in [5.74, 6) is 1.03. The van der Waals surface area contributed by atoms with E-state index in [-0.39, 0.29) is 17.4 Å². The van der Waals surface area contributed by atoms with Crippen molar-refractivity contribution in [1.82, 2.24) is 9.80 Å². The molecule has 1 heterocycles. The molecule has 2 fully saturated rings. The van der Waals surface area contributed by atoms with E-state index in [1.807, 2.05) is 11.9 Å². The maximum Gasteiger partial charge on any atom is 0.236 e. The Kier molecular flexibility index (Phi) is 3.97. The van der Waals surface area contributed by atoms with Crippen molar-refractivity contribution in [3.05, 3.63) is 0 Å². The average molecular weight is 253 g/mol. The number of hydrogen-bond acceptors (Lipinski definition) is 3. The molecule has 0 radical (unpaired) electrons. The number of piperidine rings is 1. The van der Waals surface area contributed by atoms with Gasteiger partial charge in [-0.2, -0.15) is 0 Å². The predicted octanol–water partition coefficient (Wildman–Crippen LogP) is 0.914. The lowest BCUT2D eigenvalue weighted by molar-refractivity contribution is -0.132. The van der Waals surface area contributed by atoms with E-state index in [2.05, 4.69) is 18.7 Å². The third-order valence-corrected chi connectivity index (χ3v) is 4.40. The molecule has 1 atom stereocenters. The monoisotopic (exact) mass is 253 g/mol. The maximum absolute atomic E-state index is 12.1. The van der Waals surface area contributed by atoms with Gasteiger partial charge in [0.1, 0.15) is 0 Å². The van der Waals surface area contributed by atoms with Crippen LogP contribution in [0.1, 0.15) is 33.1 Å². The van der Waals surface area contributed by atoms with Gasteiger partial charge in [-0.15, -0.1) is 0 Å². The normalized spacial score (nSPS) is 28.1. The fourth-order valence-corrected chi connectivity index (χ4v) is 2.72. The standard InChI is InChI=1S/C14H27N3O/c1-14(2)10-17(7-6-12(14)15)9-13(18)16(3)8-11-4-5-11/h11-12H,4-10,15H2,1-3H3. The Morgan fingerprint density at radius 2 is 2.06 bits per heavy atom. The van der Waals surface area contributed by atoms with Gasteiger partial charge in [-0.25, -0.2) is 0 Å². The zero-order valence-corrected chi connectivity index (χ0v) is 12.0. The lowest BCUT2D eigenvalue weighted by Crippen LogP contribution is -2.54. The highest BCUT2D eigenvalue weighted by Gasteiger charge is 2.34. The van der Waals surface area contributed by atoms with Crippen LogP contribution >= 0.6 is 0 Å². The van der Waals surface area contributed by atoms with Crippen LogP contribution in [0, 0.1) is 11.3 Å². The number of rotatable bonds is 4. The first-order chi connectivity index (χ1) is 8.38. The van der Waals surface area contributed by atoms with Crippen LogP contribution < -0.4 is 5.73 Å². The molecule has 0 bridgehead atoms. The number of hydrogen-bond donors (Lipinski definition) is 1. The molecule has 1 saturated carbocycles. The molecule has 2 aliphatic rings. The first kappa shape index (κ1) is 13.8. The second-order valence-corrected chi connectivity index (χ2v) is 6.81. The number of nitrogens with two attached hydrogens (primary N) is 1. The van der Waals surface area contributed by atoms with Crippen LogP contribution in [-0.4, -0.2) is 55.0 Å². The Morgan fingerprint density at radius 3 is 2.61 bits per heavy atom. The second-order valence-electron chi connectivity index (χ2n) is 6.81. The minimum absolute atomic E-state index is 0.119. The minimum atomic E-state index is 0.119. The minimum Gasteiger partial charge on any atom is -0.344 e. The van der Waals surface area contributed by atoms with Crippen LogP contribution in [-0.2, 0) is 4.79 Å². The Hall–Kier alpha value is -0.610. The van der Waals surface area contributed by atoms with Crippen molar-refractivity contribution in [3.63, 3.8) is 0 Å². The van der Waals surface area contributed by atoms with Gasteiger partial charge in [0.25, 0.3) is 0 Å². The van der Waals surface area contributed by atoms with E-state index in [1.165, 1.54) is 12.8 Å². The lowest BCUT2D eigenvalue weighted by Gasteiger charge is -2.42. The number of likely N-dealkylation sites (tertiary alicyclic amines) is 1. The Morgan fingerprint density at radius 1 is 1.39 bits per heavy atom. The third kappa shape index (κ3) is 3.45. The summed E-state index contributed by atoms with van der Waals surface area (Å²) in [7, 11) is 1.93. The molecule has 2 rings (SSSR count). The summed E-state index contributed by atoms with van der Waals surface area (Å²) in [6.07, 6.45) is 3.58. The largest absolute Gasteiger partial charge is 0.344 e. The van der Waals surface area contributed by atoms with E-state index >= 15 is 0 Å². The van der Waals surface area contributed by atoms with Crippen LogP contribution in [0.2, 0.25) is 0 Å². The summed E-state index contributed by atoms with van der Waals surface area (Å²) in [4.78, 5) is 16.3. The Bertz CT molecular complexity index is 312. The number of nitrogens with zero attached hydrogens (tertiary/aromatic N) is 2. The van der Waals surface area contributed by atoms with Crippen LogP contribution in [0.5, 0.6) is 0 Å². The van der Waals surface area contributed by atoms with Crippen LogP contribution in [0.3, 0.4) is 0 Å². The molecule has 4 nitrogen and oxygen atoms in total. The van der Waals surface area contributed by atoms with Crippen molar-refractivity contribution in [3.8, 4) is 0 Å². The number of likely N-dealkylation sites (N-methyl/N-ethyl adjacent to an activating group) is 1. The molecule has 0 aromatic heterocycles. The zero-order chi connectivity index (χ0) is 13.3. The van der Waals surface area contributed by atoms with E-state index in [0.717, 1.165) is 32.0 Å². The molecule has 0 aromatic carbocycles. The van der Waals surface area contributed by atoms with Crippen LogP contribution in [0.4, 0.5) is 0 Å². The smallest absolute Gasteiger partial charge is 0.236 e. The van der Waals surface area contributed by atoms with Crippen molar-refractivity contribution in [2.24, 2.45) is 17.1 Å². The fraction of sp³-hybridized carbons (Fsp3) is 0.929. The Labute approximate surface area is 110 Å². The molecule has 1 aliphatic carbocycles. The summed E-state index contributed by atoms with van der Waals surface area (Å²) >= 11 is 0. The summed E-state index contributed by atoms with van der Waals surface area (Å²) in [6, 6.07) is 0.257. The number of carbonyl (C=O) groups is 1. The van der Waals surface area contributed by atoms with Gasteiger partial charge < -0.3 is 10.6 Å². The lowest BCUT2D eigenvalue weighted by atomic mass is 9.80. The van der Waals surface area contributed by atoms with Crippen LogP contribution in [0.25, 0.3) is 0 Å².